The topological polar surface area (TPSA) is 111 Å². The minimum Gasteiger partial charge on any atom is -0.461 e. The summed E-state index contributed by atoms with van der Waals surface area (Å²) in [5.74, 6) is 0. The minimum absolute atomic E-state index is 0.231. The van der Waals surface area contributed by atoms with Crippen LogP contribution in [0.1, 0.15) is 6.92 Å². The summed E-state index contributed by atoms with van der Waals surface area (Å²) < 4.78 is 65.5. The number of hydrogen-bond donors (Lipinski definition) is 0. The van der Waals surface area contributed by atoms with Crippen LogP contribution < -0.4 is 0 Å². The highest BCUT2D eigenvalue weighted by Gasteiger charge is 2.53. The van der Waals surface area contributed by atoms with E-state index in [4.69, 9.17) is 52.2 Å². The lowest BCUT2D eigenvalue weighted by Gasteiger charge is -2.39. The Bertz CT molecular complexity index is 740. The molecular formula is C27H78O12Si9. The van der Waals surface area contributed by atoms with E-state index in [1.54, 1.807) is 69.7 Å². The summed E-state index contributed by atoms with van der Waals surface area (Å²) in [6, 6.07) is 1.87. The molecule has 0 bridgehead atoms. The zero-order valence-electron chi connectivity index (χ0n) is 35.0. The van der Waals surface area contributed by atoms with Crippen LogP contribution in [0.15, 0.2) is 12.3 Å². The monoisotopic (exact) mass is 846 g/mol. The molecule has 0 N–H and O–H groups in total. The Morgan fingerprint density at radius 1 is 0.521 bits per heavy atom. The fraction of sp³-hybridized carbons (Fsp3) is 0.926. The lowest BCUT2D eigenvalue weighted by atomic mass is 10.9. The van der Waals surface area contributed by atoms with Crippen LogP contribution in [-0.4, -0.2) is 143 Å². The van der Waals surface area contributed by atoms with Gasteiger partial charge in [-0.3, -0.25) is 0 Å². The molecule has 0 fully saturated rings. The van der Waals surface area contributed by atoms with Crippen LogP contribution >= 0.6 is 0 Å². The molecule has 1 atom stereocenters. The molecule has 0 aliphatic rings. The zero-order chi connectivity index (χ0) is 39.0. The van der Waals surface area contributed by atoms with Crippen LogP contribution in [0.4, 0.5) is 0 Å². The van der Waals surface area contributed by atoms with Gasteiger partial charge in [0, 0.05) is 75.2 Å². The molecule has 0 aromatic heterocycles. The highest BCUT2D eigenvalue weighted by atomic mass is 28.5. The molecule has 0 aromatic rings. The Kier molecular flexibility index (Phi) is 33.4. The molecule has 0 saturated heterocycles. The van der Waals surface area contributed by atoms with Crippen molar-refractivity contribution >= 4 is 79.2 Å². The van der Waals surface area contributed by atoms with Gasteiger partial charge >= 0.3 is 26.4 Å². The first-order chi connectivity index (χ1) is 21.9. The third-order valence-corrected chi connectivity index (χ3v) is 35.1. The second kappa shape index (κ2) is 28.7. The van der Waals surface area contributed by atoms with Crippen molar-refractivity contribution in [3.8, 4) is 0 Å². The van der Waals surface area contributed by atoms with Gasteiger partial charge in [0.25, 0.3) is 0 Å². The van der Waals surface area contributed by atoms with Crippen molar-refractivity contribution in [1.82, 2.24) is 0 Å². The Labute approximate surface area is 309 Å². The van der Waals surface area contributed by atoms with Gasteiger partial charge in [0.15, 0.2) is 52.8 Å². The van der Waals surface area contributed by atoms with E-state index in [0.29, 0.717) is 0 Å². The highest BCUT2D eigenvalue weighted by Crippen LogP contribution is 2.34. The molecule has 21 heteroatoms. The number of hydrogen-bond acceptors (Lipinski definition) is 12. The largest absolute Gasteiger partial charge is 0.528 e. The summed E-state index contributed by atoms with van der Waals surface area (Å²) >= 11 is 0. The smallest absolute Gasteiger partial charge is 0.461 e. The fourth-order valence-electron chi connectivity index (χ4n) is 4.67. The molecule has 0 spiro atoms. The maximum absolute atomic E-state index is 6.18. The fourth-order valence-corrected chi connectivity index (χ4v) is 32.7. The van der Waals surface area contributed by atoms with Crippen LogP contribution in [-0.2, 0) is 52.2 Å². The highest BCUT2D eigenvalue weighted by molar-refractivity contribution is 6.90. The molecule has 0 amide bonds. The van der Waals surface area contributed by atoms with E-state index in [-0.39, 0.29) is 5.16 Å². The van der Waals surface area contributed by atoms with Crippen LogP contribution in [0.25, 0.3) is 0 Å². The molecule has 0 aliphatic carbocycles. The van der Waals surface area contributed by atoms with Crippen molar-refractivity contribution in [2.75, 3.05) is 64.0 Å². The predicted molar refractivity (Wildman–Crippen MR) is 223 cm³/mol. The van der Waals surface area contributed by atoms with Gasteiger partial charge < -0.3 is 52.2 Å². The molecule has 0 heterocycles. The maximum atomic E-state index is 6.18. The van der Waals surface area contributed by atoms with Crippen molar-refractivity contribution in [3.05, 3.63) is 12.3 Å². The van der Waals surface area contributed by atoms with E-state index in [1.807, 2.05) is 0 Å². The Balaban J connectivity index is -0.000000284. The molecule has 48 heavy (non-hydrogen) atoms. The van der Waals surface area contributed by atoms with Crippen LogP contribution in [0.5, 0.6) is 0 Å². The van der Waals surface area contributed by atoms with E-state index in [1.165, 1.54) is 0 Å². The van der Waals surface area contributed by atoms with Gasteiger partial charge in [-0.25, -0.2) is 0 Å². The maximum Gasteiger partial charge on any atom is 0.528 e. The molecule has 1 unspecified atom stereocenters. The third kappa shape index (κ3) is 24.5. The van der Waals surface area contributed by atoms with Gasteiger partial charge in [-0.1, -0.05) is 13.5 Å². The van der Waals surface area contributed by atoms with Crippen LogP contribution in [0.2, 0.25) is 95.8 Å². The first-order valence-corrected chi connectivity index (χ1v) is 39.3. The van der Waals surface area contributed by atoms with Gasteiger partial charge in [-0.2, -0.15) is 0 Å². The standard InChI is InChI=1S/2C9H26O4Si3.C5H12O3Si.C4H14OSi2/c1-10-16(11-2,12-3)9-8-15(6,7)13-14(4)5;1-9(15(7,8)13-14(5)6)16(10-2,11-3)12-4;1-5-9(6-2,7-3)8-4;1-6(2)5-7(3)4/h14H,8-9H2,1-7H3;9,14H,1-8H3;5H,1H2,2-4H3;6-7H,1-4H3. The van der Waals surface area contributed by atoms with Gasteiger partial charge in [0.2, 0.25) is 0 Å². The van der Waals surface area contributed by atoms with Crippen molar-refractivity contribution in [3.63, 3.8) is 0 Å². The quantitative estimate of drug-likeness (QED) is 0.134. The minimum atomic E-state index is -2.56. The summed E-state index contributed by atoms with van der Waals surface area (Å²) in [6.45, 7) is 32.3. The molecular weight excluding hydrogens is 769 g/mol. The molecule has 0 aliphatic heterocycles. The van der Waals surface area contributed by atoms with Crippen molar-refractivity contribution in [2.24, 2.45) is 0 Å². The van der Waals surface area contributed by atoms with Gasteiger partial charge in [-0.05, 0) is 90.3 Å². The first-order valence-electron chi connectivity index (χ1n) is 16.5. The van der Waals surface area contributed by atoms with E-state index < -0.39 is 79.2 Å². The van der Waals surface area contributed by atoms with Crippen molar-refractivity contribution in [2.45, 2.75) is 103 Å². The Morgan fingerprint density at radius 2 is 0.875 bits per heavy atom. The average molecular weight is 848 g/mol. The second-order valence-electron chi connectivity index (χ2n) is 13.1. The van der Waals surface area contributed by atoms with Crippen LogP contribution in [0, 0.1) is 0 Å². The summed E-state index contributed by atoms with van der Waals surface area (Å²) in [4.78, 5) is 0. The van der Waals surface area contributed by atoms with Crippen LogP contribution in [0.3, 0.4) is 0 Å². The molecule has 0 radical (unpaired) electrons. The van der Waals surface area contributed by atoms with Gasteiger partial charge in [0.1, 0.15) is 0 Å². The molecule has 0 aromatic carbocycles. The summed E-state index contributed by atoms with van der Waals surface area (Å²) in [6.07, 6.45) is 0. The Morgan fingerprint density at radius 3 is 1.06 bits per heavy atom. The number of rotatable bonds is 21. The predicted octanol–water partition coefficient (Wildman–Crippen LogP) is 5.63. The normalized spacial score (nSPS) is 13.5. The van der Waals surface area contributed by atoms with Crippen molar-refractivity contribution in [1.29, 1.82) is 0 Å². The van der Waals surface area contributed by atoms with Gasteiger partial charge in [0.05, 0.1) is 0 Å². The average Bonchev–Trinajstić information content (AvgIpc) is 3.00. The lowest BCUT2D eigenvalue weighted by Crippen LogP contribution is -2.57. The molecule has 0 saturated carbocycles. The summed E-state index contributed by atoms with van der Waals surface area (Å²) in [5, 5.41) is 0.231. The lowest BCUT2D eigenvalue weighted by molar-refractivity contribution is 0.119. The van der Waals surface area contributed by atoms with E-state index in [2.05, 4.69) is 92.1 Å². The van der Waals surface area contributed by atoms with E-state index >= 15 is 0 Å². The second-order valence-corrected chi connectivity index (χ2v) is 42.3. The molecule has 294 valence electrons. The molecule has 0 rings (SSSR count). The van der Waals surface area contributed by atoms with E-state index in [0.717, 1.165) is 12.1 Å². The van der Waals surface area contributed by atoms with E-state index in [9.17, 15) is 0 Å². The summed E-state index contributed by atoms with van der Waals surface area (Å²) in [5.41, 5.74) is 1.58. The molecule has 12 nitrogen and oxygen atoms in total. The first kappa shape index (κ1) is 56.0. The third-order valence-electron chi connectivity index (χ3n) is 7.14. The SMILES string of the molecule is C=C[Si](OC)(OC)OC.CO[Si](CC[Si](C)(C)O[SiH](C)C)(OC)OC.CO[Si](OC)(OC)C(C)[Si](C)(C)O[SiH](C)C.C[SiH](C)O[SiH](C)C. The zero-order valence-corrected chi connectivity index (χ0v) is 44.6. The Hall–Kier alpha value is 1.21. The summed E-state index contributed by atoms with van der Waals surface area (Å²) in [7, 11) is 0.469. The van der Waals surface area contributed by atoms with Gasteiger partial charge in [-0.15, -0.1) is 0 Å². The van der Waals surface area contributed by atoms with Crippen molar-refractivity contribution < 1.29 is 52.2 Å².